The maximum atomic E-state index is 3.45. The zero-order chi connectivity index (χ0) is 17.9. The number of hydrogen-bond acceptors (Lipinski definition) is 2. The Balaban J connectivity index is 0.000000151. The average molecular weight is 357 g/mol. The first-order chi connectivity index (χ1) is 12.9. The molecule has 2 saturated heterocycles. The van der Waals surface area contributed by atoms with E-state index in [4.69, 9.17) is 0 Å². The first-order valence-electron chi connectivity index (χ1n) is 11.4. The highest BCUT2D eigenvalue weighted by molar-refractivity contribution is 5.15. The van der Waals surface area contributed by atoms with Gasteiger partial charge in [-0.15, -0.1) is 0 Å². The van der Waals surface area contributed by atoms with E-state index in [1.807, 2.05) is 0 Å². The van der Waals surface area contributed by atoms with Crippen LogP contribution < -0.4 is 10.6 Å². The molecule has 1 aromatic rings. The minimum Gasteiger partial charge on any atom is -0.317 e. The predicted octanol–water partition coefficient (Wildman–Crippen LogP) is 5.19. The van der Waals surface area contributed by atoms with Crippen LogP contribution in [0.4, 0.5) is 0 Å². The third-order valence-corrected chi connectivity index (χ3v) is 6.68. The first kappa shape index (κ1) is 19.9. The van der Waals surface area contributed by atoms with E-state index in [0.29, 0.717) is 0 Å². The molecule has 2 N–H and O–H groups in total. The quantitative estimate of drug-likeness (QED) is 0.776. The van der Waals surface area contributed by atoms with Crippen molar-refractivity contribution >= 4 is 0 Å². The molecule has 0 atom stereocenters. The molecule has 0 spiro atoms. The summed E-state index contributed by atoms with van der Waals surface area (Å²) < 4.78 is 0. The van der Waals surface area contributed by atoms with Crippen molar-refractivity contribution in [2.45, 2.75) is 70.6 Å². The van der Waals surface area contributed by atoms with Gasteiger partial charge in [0.2, 0.25) is 0 Å². The molecule has 0 bridgehead atoms. The first-order valence-corrected chi connectivity index (χ1v) is 11.4. The molecule has 2 heterocycles. The molecule has 0 amide bonds. The summed E-state index contributed by atoms with van der Waals surface area (Å²) in [5.74, 6) is 3.06. The molecule has 2 nitrogen and oxygen atoms in total. The highest BCUT2D eigenvalue weighted by Crippen LogP contribution is 2.31. The Morgan fingerprint density at radius 3 is 1.77 bits per heavy atom. The van der Waals surface area contributed by atoms with E-state index in [1.54, 1.807) is 6.42 Å². The van der Waals surface area contributed by atoms with Crippen molar-refractivity contribution < 1.29 is 0 Å². The van der Waals surface area contributed by atoms with Crippen LogP contribution >= 0.6 is 0 Å². The standard InChI is InChI=1S/C12H23N.C12H17N/c2*1-2-4-11(5-3-1)10-12-6-8-13-9-7-12/h11-13H,1-10H2;1-5,12-13H,6-10H2. The molecule has 4 rings (SSSR count). The van der Waals surface area contributed by atoms with Crippen LogP contribution in [-0.2, 0) is 6.42 Å². The number of benzene rings is 1. The Hall–Kier alpha value is -0.860. The predicted molar refractivity (Wildman–Crippen MR) is 113 cm³/mol. The van der Waals surface area contributed by atoms with Crippen molar-refractivity contribution in [1.29, 1.82) is 0 Å². The lowest BCUT2D eigenvalue weighted by atomic mass is 9.80. The number of piperidine rings is 2. The van der Waals surface area contributed by atoms with Gasteiger partial charge in [-0.2, -0.15) is 0 Å². The highest BCUT2D eigenvalue weighted by atomic mass is 14.9. The van der Waals surface area contributed by atoms with Crippen LogP contribution in [0.3, 0.4) is 0 Å². The highest BCUT2D eigenvalue weighted by Gasteiger charge is 2.20. The third-order valence-electron chi connectivity index (χ3n) is 6.68. The van der Waals surface area contributed by atoms with Gasteiger partial charge in [-0.05, 0) is 88.0 Å². The molecule has 3 aliphatic rings. The third kappa shape index (κ3) is 7.40. The Kier molecular flexibility index (Phi) is 9.00. The molecular weight excluding hydrogens is 316 g/mol. The minimum atomic E-state index is 0.906. The topological polar surface area (TPSA) is 24.1 Å². The van der Waals surface area contributed by atoms with Gasteiger partial charge in [0.15, 0.2) is 0 Å². The Labute approximate surface area is 161 Å². The van der Waals surface area contributed by atoms with Crippen molar-refractivity contribution in [3.05, 3.63) is 35.9 Å². The van der Waals surface area contributed by atoms with E-state index < -0.39 is 0 Å². The summed E-state index contributed by atoms with van der Waals surface area (Å²) in [7, 11) is 0. The van der Waals surface area contributed by atoms with Crippen molar-refractivity contribution in [2.75, 3.05) is 26.2 Å². The van der Waals surface area contributed by atoms with E-state index in [0.717, 1.165) is 17.8 Å². The van der Waals surface area contributed by atoms with Crippen LogP contribution in [0, 0.1) is 17.8 Å². The summed E-state index contributed by atoms with van der Waals surface area (Å²) in [4.78, 5) is 0. The Morgan fingerprint density at radius 1 is 0.615 bits per heavy atom. The maximum Gasteiger partial charge on any atom is -0.00462 e. The van der Waals surface area contributed by atoms with Crippen molar-refractivity contribution in [3.8, 4) is 0 Å². The molecule has 146 valence electrons. The molecule has 1 aromatic carbocycles. The lowest BCUT2D eigenvalue weighted by molar-refractivity contribution is 0.251. The van der Waals surface area contributed by atoms with Crippen LogP contribution in [0.25, 0.3) is 0 Å². The largest absolute Gasteiger partial charge is 0.317 e. The van der Waals surface area contributed by atoms with Gasteiger partial charge in [0.05, 0.1) is 0 Å². The molecular formula is C24H40N2. The van der Waals surface area contributed by atoms with Crippen molar-refractivity contribution in [1.82, 2.24) is 10.6 Å². The van der Waals surface area contributed by atoms with Crippen LogP contribution in [0.1, 0.15) is 69.8 Å². The molecule has 2 aliphatic heterocycles. The van der Waals surface area contributed by atoms with E-state index in [2.05, 4.69) is 41.0 Å². The van der Waals surface area contributed by atoms with E-state index in [-0.39, 0.29) is 0 Å². The zero-order valence-corrected chi connectivity index (χ0v) is 16.7. The summed E-state index contributed by atoms with van der Waals surface area (Å²) in [5.41, 5.74) is 1.49. The van der Waals surface area contributed by atoms with Gasteiger partial charge >= 0.3 is 0 Å². The lowest BCUT2D eigenvalue weighted by Gasteiger charge is -2.29. The Morgan fingerprint density at radius 2 is 1.15 bits per heavy atom. The monoisotopic (exact) mass is 356 g/mol. The molecule has 3 fully saturated rings. The zero-order valence-electron chi connectivity index (χ0n) is 16.7. The molecule has 1 saturated carbocycles. The van der Waals surface area contributed by atoms with Gasteiger partial charge in [-0.3, -0.25) is 0 Å². The molecule has 1 aliphatic carbocycles. The average Bonchev–Trinajstić information content (AvgIpc) is 2.72. The summed E-state index contributed by atoms with van der Waals surface area (Å²) in [6.45, 7) is 4.96. The van der Waals surface area contributed by atoms with Gasteiger partial charge < -0.3 is 10.6 Å². The van der Waals surface area contributed by atoms with E-state index in [1.165, 1.54) is 96.0 Å². The van der Waals surface area contributed by atoms with Crippen LogP contribution in [-0.4, -0.2) is 26.2 Å². The van der Waals surface area contributed by atoms with Gasteiger partial charge in [-0.1, -0.05) is 62.4 Å². The Bertz CT molecular complexity index is 438. The SMILES string of the molecule is C1CCC(CC2CCNCC2)CC1.c1ccc(CC2CCNCC2)cc1. The normalized spacial score (nSPS) is 23.2. The summed E-state index contributed by atoms with van der Waals surface area (Å²) in [5, 5.41) is 6.85. The summed E-state index contributed by atoms with van der Waals surface area (Å²) in [6.07, 6.45) is 16.0. The van der Waals surface area contributed by atoms with Gasteiger partial charge in [-0.25, -0.2) is 0 Å². The second-order valence-corrected chi connectivity index (χ2v) is 8.82. The lowest BCUT2D eigenvalue weighted by Crippen LogP contribution is -2.29. The summed E-state index contributed by atoms with van der Waals surface area (Å²) in [6, 6.07) is 10.8. The number of hydrogen-bond donors (Lipinski definition) is 2. The van der Waals surface area contributed by atoms with Gasteiger partial charge in [0, 0.05) is 0 Å². The van der Waals surface area contributed by atoms with Crippen molar-refractivity contribution in [3.63, 3.8) is 0 Å². The van der Waals surface area contributed by atoms with Crippen LogP contribution in [0.5, 0.6) is 0 Å². The molecule has 0 unspecified atom stereocenters. The fraction of sp³-hybridized carbons (Fsp3) is 0.750. The van der Waals surface area contributed by atoms with Crippen LogP contribution in [0.2, 0.25) is 0 Å². The minimum absolute atomic E-state index is 0.906. The fourth-order valence-electron chi connectivity index (χ4n) is 5.04. The van der Waals surface area contributed by atoms with Gasteiger partial charge in [0.1, 0.15) is 0 Å². The molecule has 0 aromatic heterocycles. The van der Waals surface area contributed by atoms with Crippen molar-refractivity contribution in [2.24, 2.45) is 17.8 Å². The van der Waals surface area contributed by atoms with Crippen LogP contribution in [0.15, 0.2) is 30.3 Å². The smallest absolute Gasteiger partial charge is 0.00462 e. The summed E-state index contributed by atoms with van der Waals surface area (Å²) >= 11 is 0. The van der Waals surface area contributed by atoms with E-state index >= 15 is 0 Å². The molecule has 0 radical (unpaired) electrons. The number of nitrogens with one attached hydrogen (secondary N) is 2. The fourth-order valence-corrected chi connectivity index (χ4v) is 5.04. The molecule has 26 heavy (non-hydrogen) atoms. The second-order valence-electron chi connectivity index (χ2n) is 8.82. The van der Waals surface area contributed by atoms with E-state index in [9.17, 15) is 0 Å². The number of rotatable bonds is 4. The molecule has 2 heteroatoms. The maximum absolute atomic E-state index is 3.45. The van der Waals surface area contributed by atoms with Gasteiger partial charge in [0.25, 0.3) is 0 Å². The second kappa shape index (κ2) is 11.8.